The molecule has 0 bridgehead atoms. The fourth-order valence-corrected chi connectivity index (χ4v) is 3.41. The Bertz CT molecular complexity index is 904. The average molecular weight is 371 g/mol. The highest BCUT2D eigenvalue weighted by molar-refractivity contribution is 6.04. The van der Waals surface area contributed by atoms with E-state index in [4.69, 9.17) is 4.74 Å². The third-order valence-corrected chi connectivity index (χ3v) is 5.09. The van der Waals surface area contributed by atoms with E-state index < -0.39 is 6.10 Å². The number of hydrogen-bond acceptors (Lipinski definition) is 2. The van der Waals surface area contributed by atoms with Gasteiger partial charge in [-0.05, 0) is 40.8 Å². The van der Waals surface area contributed by atoms with Gasteiger partial charge in [-0.3, -0.25) is 9.69 Å². The van der Waals surface area contributed by atoms with E-state index in [-0.39, 0.29) is 17.4 Å². The van der Waals surface area contributed by atoms with Gasteiger partial charge in [0.15, 0.2) is 6.10 Å². The minimum atomic E-state index is -0.458. The Morgan fingerprint density at radius 3 is 1.75 bits per heavy atom. The minimum Gasteiger partial charge on any atom is -0.354 e. The molecule has 1 aliphatic heterocycles. The minimum absolute atomic E-state index is 0.0395. The molecule has 142 valence electrons. The van der Waals surface area contributed by atoms with Gasteiger partial charge in [-0.15, -0.1) is 0 Å². The average Bonchev–Trinajstić information content (AvgIpc) is 3.50. The summed E-state index contributed by atoms with van der Waals surface area (Å²) in [5, 5.41) is 0. The molecule has 3 heteroatoms. The first-order chi connectivity index (χ1) is 13.4. The summed E-state index contributed by atoms with van der Waals surface area (Å²) in [4.78, 5) is 15.1. The zero-order chi connectivity index (χ0) is 19.7. The van der Waals surface area contributed by atoms with Crippen molar-refractivity contribution >= 4 is 17.3 Å². The summed E-state index contributed by atoms with van der Waals surface area (Å²) in [6, 6.07) is 27.8. The highest BCUT2D eigenvalue weighted by Crippen LogP contribution is 2.42. The highest BCUT2D eigenvalue weighted by atomic mass is 16.6. The molecular formula is C25H25NO2. The number of anilines is 2. The van der Waals surface area contributed by atoms with Gasteiger partial charge in [-0.1, -0.05) is 81.4 Å². The van der Waals surface area contributed by atoms with Crippen molar-refractivity contribution in [3.8, 4) is 0 Å². The van der Waals surface area contributed by atoms with Crippen LogP contribution >= 0.6 is 0 Å². The third-order valence-electron chi connectivity index (χ3n) is 5.09. The SMILES string of the molecule is CC(C)(C)c1ccc([C@H]2O[C@H]2C(=O)N(c2ccccc2)c2ccccc2)cc1. The topological polar surface area (TPSA) is 32.8 Å². The lowest BCUT2D eigenvalue weighted by Crippen LogP contribution is -2.30. The van der Waals surface area contributed by atoms with Crippen molar-refractivity contribution in [2.45, 2.75) is 38.4 Å². The van der Waals surface area contributed by atoms with Crippen LogP contribution < -0.4 is 4.90 Å². The number of ether oxygens (including phenoxy) is 1. The molecule has 1 heterocycles. The van der Waals surface area contributed by atoms with Gasteiger partial charge in [0.25, 0.3) is 5.91 Å². The quantitative estimate of drug-likeness (QED) is 0.544. The van der Waals surface area contributed by atoms with Crippen LogP contribution in [-0.4, -0.2) is 12.0 Å². The molecule has 3 aromatic rings. The van der Waals surface area contributed by atoms with E-state index in [2.05, 4.69) is 45.0 Å². The molecule has 1 saturated heterocycles. The van der Waals surface area contributed by atoms with Crippen LogP contribution in [0.4, 0.5) is 11.4 Å². The van der Waals surface area contributed by atoms with Crippen LogP contribution in [0, 0.1) is 0 Å². The van der Waals surface area contributed by atoms with E-state index in [0.717, 1.165) is 16.9 Å². The summed E-state index contributed by atoms with van der Waals surface area (Å²) in [5.74, 6) is -0.0395. The van der Waals surface area contributed by atoms with Gasteiger partial charge in [0.2, 0.25) is 0 Å². The zero-order valence-electron chi connectivity index (χ0n) is 16.5. The molecule has 1 aliphatic rings. The smallest absolute Gasteiger partial charge is 0.263 e. The summed E-state index contributed by atoms with van der Waals surface area (Å²) >= 11 is 0. The lowest BCUT2D eigenvalue weighted by Gasteiger charge is -2.22. The lowest BCUT2D eigenvalue weighted by molar-refractivity contribution is -0.119. The predicted molar refractivity (Wildman–Crippen MR) is 113 cm³/mol. The summed E-state index contributed by atoms with van der Waals surface area (Å²) in [6.07, 6.45) is -0.641. The Morgan fingerprint density at radius 2 is 1.29 bits per heavy atom. The molecule has 4 rings (SSSR count). The highest BCUT2D eigenvalue weighted by Gasteiger charge is 2.48. The standard InChI is InChI=1S/C25H25NO2/c1-25(2,3)19-16-14-18(15-17-19)22-23(28-22)24(27)26(20-10-6-4-7-11-20)21-12-8-5-9-13-21/h4-17,22-23H,1-3H3/t22-,23-/m1/s1. The maximum Gasteiger partial charge on any atom is 0.263 e. The Morgan fingerprint density at radius 1 is 0.786 bits per heavy atom. The van der Waals surface area contributed by atoms with E-state index in [0.29, 0.717) is 0 Å². The number of para-hydroxylation sites is 2. The van der Waals surface area contributed by atoms with Crippen LogP contribution in [0.15, 0.2) is 84.9 Å². The molecule has 0 spiro atoms. The van der Waals surface area contributed by atoms with Crippen LogP contribution in [0.5, 0.6) is 0 Å². The number of rotatable bonds is 4. The zero-order valence-corrected chi connectivity index (χ0v) is 16.5. The summed E-state index contributed by atoms with van der Waals surface area (Å²) < 4.78 is 5.82. The van der Waals surface area contributed by atoms with Gasteiger partial charge in [0.1, 0.15) is 6.10 Å². The Kier molecular flexibility index (Phi) is 4.78. The summed E-state index contributed by atoms with van der Waals surface area (Å²) in [6.45, 7) is 6.58. The number of benzene rings is 3. The molecule has 0 aromatic heterocycles. The molecule has 1 amide bonds. The number of amides is 1. The van der Waals surface area contributed by atoms with Crippen molar-refractivity contribution in [3.05, 3.63) is 96.1 Å². The van der Waals surface area contributed by atoms with Gasteiger partial charge < -0.3 is 4.74 Å². The fraction of sp³-hybridized carbons (Fsp3) is 0.240. The van der Waals surface area contributed by atoms with Crippen molar-refractivity contribution in [3.63, 3.8) is 0 Å². The molecule has 1 fully saturated rings. The molecule has 0 radical (unpaired) electrons. The number of carbonyl (C=O) groups is 1. The van der Waals surface area contributed by atoms with E-state index in [1.165, 1.54) is 5.56 Å². The predicted octanol–water partition coefficient (Wildman–Crippen LogP) is 5.79. The molecule has 0 aliphatic carbocycles. The molecule has 0 N–H and O–H groups in total. The first-order valence-corrected chi connectivity index (χ1v) is 9.65. The van der Waals surface area contributed by atoms with Crippen LogP contribution in [0.3, 0.4) is 0 Å². The molecule has 0 saturated carbocycles. The second kappa shape index (κ2) is 7.25. The third kappa shape index (κ3) is 3.71. The molecule has 3 aromatic carbocycles. The number of epoxide rings is 1. The van der Waals surface area contributed by atoms with Crippen LogP contribution in [0.25, 0.3) is 0 Å². The van der Waals surface area contributed by atoms with Crippen LogP contribution in [-0.2, 0) is 14.9 Å². The monoisotopic (exact) mass is 371 g/mol. The van der Waals surface area contributed by atoms with E-state index in [9.17, 15) is 4.79 Å². The Balaban J connectivity index is 1.58. The second-order valence-corrected chi connectivity index (χ2v) is 8.19. The number of carbonyl (C=O) groups excluding carboxylic acids is 1. The van der Waals surface area contributed by atoms with Crippen LogP contribution in [0.1, 0.15) is 38.0 Å². The normalized spacial score (nSPS) is 18.5. The molecule has 28 heavy (non-hydrogen) atoms. The van der Waals surface area contributed by atoms with Crippen molar-refractivity contribution in [1.29, 1.82) is 0 Å². The van der Waals surface area contributed by atoms with Gasteiger partial charge in [-0.25, -0.2) is 0 Å². The summed E-state index contributed by atoms with van der Waals surface area (Å²) in [5.41, 5.74) is 4.12. The van der Waals surface area contributed by atoms with E-state index >= 15 is 0 Å². The van der Waals surface area contributed by atoms with Crippen LogP contribution in [0.2, 0.25) is 0 Å². The summed E-state index contributed by atoms with van der Waals surface area (Å²) in [7, 11) is 0. The van der Waals surface area contributed by atoms with Gasteiger partial charge in [0, 0.05) is 11.4 Å². The van der Waals surface area contributed by atoms with Crippen molar-refractivity contribution < 1.29 is 9.53 Å². The first kappa shape index (κ1) is 18.5. The fourth-order valence-electron chi connectivity index (χ4n) is 3.41. The van der Waals surface area contributed by atoms with E-state index in [1.54, 1.807) is 4.90 Å². The Hall–Kier alpha value is -2.91. The largest absolute Gasteiger partial charge is 0.354 e. The number of nitrogens with zero attached hydrogens (tertiary/aromatic N) is 1. The van der Waals surface area contributed by atoms with Gasteiger partial charge in [-0.2, -0.15) is 0 Å². The van der Waals surface area contributed by atoms with E-state index in [1.807, 2.05) is 60.7 Å². The Labute approximate surface area is 166 Å². The van der Waals surface area contributed by atoms with Gasteiger partial charge in [0.05, 0.1) is 0 Å². The molecule has 2 atom stereocenters. The molecule has 0 unspecified atom stereocenters. The lowest BCUT2D eigenvalue weighted by atomic mass is 9.86. The van der Waals surface area contributed by atoms with Crippen molar-refractivity contribution in [2.24, 2.45) is 0 Å². The van der Waals surface area contributed by atoms with Crippen molar-refractivity contribution in [2.75, 3.05) is 4.90 Å². The van der Waals surface area contributed by atoms with Crippen molar-refractivity contribution in [1.82, 2.24) is 0 Å². The first-order valence-electron chi connectivity index (χ1n) is 9.65. The molecule has 3 nitrogen and oxygen atoms in total. The second-order valence-electron chi connectivity index (χ2n) is 8.19. The maximum atomic E-state index is 13.3. The molecular weight excluding hydrogens is 346 g/mol. The van der Waals surface area contributed by atoms with Gasteiger partial charge >= 0.3 is 0 Å². The maximum absolute atomic E-state index is 13.3. The number of hydrogen-bond donors (Lipinski definition) is 0.